The van der Waals surface area contributed by atoms with Crippen LogP contribution in [0.5, 0.6) is 5.88 Å². The van der Waals surface area contributed by atoms with Gasteiger partial charge in [0.1, 0.15) is 12.2 Å². The third kappa shape index (κ3) is 3.08. The van der Waals surface area contributed by atoms with Crippen LogP contribution in [0.15, 0.2) is 60.7 Å². The number of rotatable bonds is 4. The molecule has 0 radical (unpaired) electrons. The molecule has 0 saturated heterocycles. The fourth-order valence-corrected chi connectivity index (χ4v) is 2.30. The maximum atomic E-state index is 12.3. The molecule has 5 heteroatoms. The number of esters is 1. The molecule has 0 amide bonds. The molecule has 5 nitrogen and oxygen atoms in total. The highest BCUT2D eigenvalue weighted by atomic mass is 16.5. The van der Waals surface area contributed by atoms with Gasteiger partial charge in [-0.3, -0.25) is 0 Å². The van der Waals surface area contributed by atoms with Crippen molar-refractivity contribution in [2.24, 2.45) is 0 Å². The smallest absolute Gasteiger partial charge is 0.345 e. The first-order chi connectivity index (χ1) is 11.2. The molecule has 3 rings (SSSR count). The van der Waals surface area contributed by atoms with Gasteiger partial charge in [0.05, 0.1) is 11.4 Å². The monoisotopic (exact) mass is 308 g/mol. The van der Waals surface area contributed by atoms with Gasteiger partial charge in [-0.2, -0.15) is 5.10 Å². The fourth-order valence-electron chi connectivity index (χ4n) is 2.30. The number of nitrogens with zero attached hydrogens (tertiary/aromatic N) is 2. The lowest BCUT2D eigenvalue weighted by Crippen LogP contribution is -2.06. The Hall–Kier alpha value is -3.08. The van der Waals surface area contributed by atoms with E-state index in [1.807, 2.05) is 48.5 Å². The van der Waals surface area contributed by atoms with Gasteiger partial charge in [-0.05, 0) is 24.6 Å². The summed E-state index contributed by atoms with van der Waals surface area (Å²) >= 11 is 0. The summed E-state index contributed by atoms with van der Waals surface area (Å²) in [6, 6.07) is 18.5. The summed E-state index contributed by atoms with van der Waals surface area (Å²) < 4.78 is 6.60. The van der Waals surface area contributed by atoms with Crippen molar-refractivity contribution in [2.75, 3.05) is 0 Å². The quantitative estimate of drug-likeness (QED) is 0.751. The largest absolute Gasteiger partial charge is 0.493 e. The third-order valence-corrected chi connectivity index (χ3v) is 3.45. The average molecular weight is 308 g/mol. The van der Waals surface area contributed by atoms with Crippen LogP contribution in [0, 0.1) is 6.92 Å². The Morgan fingerprint density at radius 2 is 1.70 bits per heavy atom. The predicted octanol–water partition coefficient (Wildman–Crippen LogP) is 3.24. The molecule has 0 bridgehead atoms. The Bertz CT molecular complexity index is 811. The van der Waals surface area contributed by atoms with Gasteiger partial charge < -0.3 is 9.84 Å². The normalized spacial score (nSPS) is 10.5. The van der Waals surface area contributed by atoms with E-state index in [1.165, 1.54) is 4.68 Å². The molecule has 0 aliphatic carbocycles. The van der Waals surface area contributed by atoms with Gasteiger partial charge in [0.25, 0.3) is 0 Å². The highest BCUT2D eigenvalue weighted by Crippen LogP contribution is 2.25. The van der Waals surface area contributed by atoms with Crippen LogP contribution in [0.2, 0.25) is 0 Å². The molecule has 0 aliphatic rings. The van der Waals surface area contributed by atoms with E-state index < -0.39 is 5.97 Å². The standard InChI is InChI=1S/C18H16N2O3/c1-13-16(18(22)23-12-14-8-4-2-5-9-14)17(21)20(19-13)15-10-6-3-7-11-15/h2-11,21H,12H2,1H3. The van der Waals surface area contributed by atoms with Gasteiger partial charge >= 0.3 is 5.97 Å². The van der Waals surface area contributed by atoms with E-state index in [1.54, 1.807) is 19.1 Å². The first-order valence-corrected chi connectivity index (χ1v) is 7.22. The molecular formula is C18H16N2O3. The number of hydrogen-bond acceptors (Lipinski definition) is 4. The second kappa shape index (κ2) is 6.36. The molecule has 2 aromatic carbocycles. The molecule has 0 atom stereocenters. The summed E-state index contributed by atoms with van der Waals surface area (Å²) in [5.74, 6) is -0.808. The molecule has 1 heterocycles. The first-order valence-electron chi connectivity index (χ1n) is 7.22. The van der Waals surface area contributed by atoms with Gasteiger partial charge in [-0.1, -0.05) is 48.5 Å². The molecule has 0 saturated carbocycles. The van der Waals surface area contributed by atoms with Crippen LogP contribution in [-0.2, 0) is 11.3 Å². The van der Waals surface area contributed by atoms with Gasteiger partial charge in [-0.25, -0.2) is 9.48 Å². The Labute approximate surface area is 133 Å². The minimum absolute atomic E-state index is 0.0878. The lowest BCUT2D eigenvalue weighted by Gasteiger charge is -2.05. The molecule has 116 valence electrons. The molecule has 0 spiro atoms. The van der Waals surface area contributed by atoms with Crippen LogP contribution in [0.4, 0.5) is 0 Å². The van der Waals surface area contributed by atoms with Crippen molar-refractivity contribution in [3.63, 3.8) is 0 Å². The first kappa shape index (κ1) is 14.8. The molecule has 0 unspecified atom stereocenters. The highest BCUT2D eigenvalue weighted by Gasteiger charge is 2.23. The summed E-state index contributed by atoms with van der Waals surface area (Å²) in [4.78, 5) is 12.3. The lowest BCUT2D eigenvalue weighted by molar-refractivity contribution is 0.0468. The Balaban J connectivity index is 1.83. The van der Waals surface area contributed by atoms with Crippen molar-refractivity contribution in [2.45, 2.75) is 13.5 Å². The zero-order chi connectivity index (χ0) is 16.2. The van der Waals surface area contributed by atoms with Crippen LogP contribution in [0.1, 0.15) is 21.6 Å². The van der Waals surface area contributed by atoms with E-state index in [-0.39, 0.29) is 18.1 Å². The average Bonchev–Trinajstić information content (AvgIpc) is 2.89. The highest BCUT2D eigenvalue weighted by molar-refractivity contribution is 5.93. The van der Waals surface area contributed by atoms with Gasteiger partial charge in [0.15, 0.2) is 0 Å². The van der Waals surface area contributed by atoms with E-state index >= 15 is 0 Å². The zero-order valence-corrected chi connectivity index (χ0v) is 12.6. The molecule has 1 N–H and O–H groups in total. The second-order valence-corrected chi connectivity index (χ2v) is 5.09. The van der Waals surface area contributed by atoms with Gasteiger partial charge in [0.2, 0.25) is 5.88 Å². The zero-order valence-electron chi connectivity index (χ0n) is 12.6. The number of carbonyl (C=O) groups excluding carboxylic acids is 1. The molecule has 0 fully saturated rings. The van der Waals surface area contributed by atoms with E-state index in [0.717, 1.165) is 5.56 Å². The van der Waals surface area contributed by atoms with Crippen LogP contribution >= 0.6 is 0 Å². The van der Waals surface area contributed by atoms with E-state index in [0.29, 0.717) is 11.4 Å². The summed E-state index contributed by atoms with van der Waals surface area (Å²) in [5.41, 5.74) is 2.07. The number of para-hydroxylation sites is 1. The predicted molar refractivity (Wildman–Crippen MR) is 85.5 cm³/mol. The van der Waals surface area contributed by atoms with Crippen LogP contribution in [-0.4, -0.2) is 20.9 Å². The number of aromatic hydroxyl groups is 1. The summed E-state index contributed by atoms with van der Waals surface area (Å²) in [6.07, 6.45) is 0. The SMILES string of the molecule is Cc1nn(-c2ccccc2)c(O)c1C(=O)OCc1ccccc1. The van der Waals surface area contributed by atoms with Crippen molar-refractivity contribution in [1.82, 2.24) is 9.78 Å². The number of ether oxygens (including phenoxy) is 1. The van der Waals surface area contributed by atoms with Crippen LogP contribution in [0.25, 0.3) is 5.69 Å². The van der Waals surface area contributed by atoms with Crippen molar-refractivity contribution in [3.8, 4) is 11.6 Å². The van der Waals surface area contributed by atoms with Crippen molar-refractivity contribution in [1.29, 1.82) is 0 Å². The van der Waals surface area contributed by atoms with E-state index in [4.69, 9.17) is 4.74 Å². The Morgan fingerprint density at radius 1 is 1.09 bits per heavy atom. The second-order valence-electron chi connectivity index (χ2n) is 5.09. The molecule has 3 aromatic rings. The summed E-state index contributed by atoms with van der Waals surface area (Å²) in [5, 5.41) is 14.6. The van der Waals surface area contributed by atoms with E-state index in [9.17, 15) is 9.90 Å². The lowest BCUT2D eigenvalue weighted by atomic mass is 10.2. The molecule has 23 heavy (non-hydrogen) atoms. The minimum Gasteiger partial charge on any atom is -0.493 e. The Kier molecular flexibility index (Phi) is 4.10. The maximum Gasteiger partial charge on any atom is 0.345 e. The van der Waals surface area contributed by atoms with Gasteiger partial charge in [0, 0.05) is 0 Å². The number of carbonyl (C=O) groups is 1. The topological polar surface area (TPSA) is 64.3 Å². The molecule has 1 aromatic heterocycles. The number of benzene rings is 2. The number of aryl methyl sites for hydroxylation is 1. The van der Waals surface area contributed by atoms with Crippen molar-refractivity contribution >= 4 is 5.97 Å². The van der Waals surface area contributed by atoms with Crippen molar-refractivity contribution < 1.29 is 14.6 Å². The molecular weight excluding hydrogens is 292 g/mol. The number of hydrogen-bond donors (Lipinski definition) is 1. The summed E-state index contributed by atoms with van der Waals surface area (Å²) in [6.45, 7) is 1.81. The molecule has 0 aliphatic heterocycles. The third-order valence-electron chi connectivity index (χ3n) is 3.45. The van der Waals surface area contributed by atoms with Crippen LogP contribution in [0.3, 0.4) is 0 Å². The maximum absolute atomic E-state index is 12.3. The number of aromatic nitrogens is 2. The summed E-state index contributed by atoms with van der Waals surface area (Å²) in [7, 11) is 0. The van der Waals surface area contributed by atoms with E-state index in [2.05, 4.69) is 5.10 Å². The van der Waals surface area contributed by atoms with Gasteiger partial charge in [-0.15, -0.1) is 0 Å². The van der Waals surface area contributed by atoms with Crippen LogP contribution < -0.4 is 0 Å². The minimum atomic E-state index is -0.592. The fraction of sp³-hybridized carbons (Fsp3) is 0.111. The Morgan fingerprint density at radius 3 is 2.35 bits per heavy atom. The van der Waals surface area contributed by atoms with Crippen molar-refractivity contribution in [3.05, 3.63) is 77.5 Å².